The number of para-hydroxylation sites is 1. The molecule has 6 rings (SSSR count). The first-order valence-corrected chi connectivity index (χ1v) is 20.5. The third-order valence-electron chi connectivity index (χ3n) is 11.1. The van der Waals surface area contributed by atoms with E-state index in [9.17, 15) is 23.4 Å². The molecular formula is C41H52N4O9S. The second-order valence-corrected chi connectivity index (χ2v) is 16.2. The van der Waals surface area contributed by atoms with Crippen LogP contribution in [0.15, 0.2) is 89.1 Å². The van der Waals surface area contributed by atoms with Gasteiger partial charge in [-0.15, -0.1) is 6.58 Å². The predicted octanol–water partition coefficient (Wildman–Crippen LogP) is 5.93. The number of nitrogens with zero attached hydrogens (tertiary/aromatic N) is 3. The van der Waals surface area contributed by atoms with Crippen molar-refractivity contribution in [2.24, 2.45) is 22.9 Å². The smallest absolute Gasteiger partial charge is 0.412 e. The number of sulfonamides is 1. The number of carbonyl (C=O) groups is 1. The molecule has 13 nitrogen and oxygen atoms in total. The van der Waals surface area contributed by atoms with Gasteiger partial charge in [0, 0.05) is 56.3 Å². The van der Waals surface area contributed by atoms with Crippen molar-refractivity contribution in [3.8, 4) is 11.5 Å². The summed E-state index contributed by atoms with van der Waals surface area (Å²) in [4.78, 5) is 22.6. The van der Waals surface area contributed by atoms with E-state index in [1.807, 2.05) is 18.2 Å². The number of rotatable bonds is 17. The predicted molar refractivity (Wildman–Crippen MR) is 208 cm³/mol. The van der Waals surface area contributed by atoms with E-state index in [1.165, 1.54) is 18.5 Å². The topological polar surface area (TPSA) is 169 Å². The number of benzene rings is 2. The zero-order valence-electron chi connectivity index (χ0n) is 31.7. The summed E-state index contributed by atoms with van der Waals surface area (Å²) < 4.78 is 50.8. The minimum absolute atomic E-state index is 0.0133. The number of ether oxygens (including phenoxy) is 3. The Labute approximate surface area is 323 Å². The van der Waals surface area contributed by atoms with Gasteiger partial charge in [-0.05, 0) is 80.3 Å². The minimum atomic E-state index is -4.25. The molecule has 3 N–H and O–H groups in total. The van der Waals surface area contributed by atoms with E-state index in [2.05, 4.69) is 28.1 Å². The Hall–Kier alpha value is -4.34. The molecule has 1 aliphatic heterocycles. The number of likely N-dealkylation sites (N-methyl/N-ethyl adjacent to an activating group) is 1. The highest BCUT2D eigenvalue weighted by atomic mass is 32.2. The molecule has 2 heterocycles. The van der Waals surface area contributed by atoms with Crippen molar-refractivity contribution in [1.82, 2.24) is 14.6 Å². The van der Waals surface area contributed by atoms with Crippen molar-refractivity contribution < 1.29 is 42.5 Å². The average molecular weight is 777 g/mol. The van der Waals surface area contributed by atoms with Crippen LogP contribution >= 0.6 is 0 Å². The number of hydrogen-bond donors (Lipinski definition) is 3. The fraction of sp³-hybridized carbons (Fsp3) is 0.488. The monoisotopic (exact) mass is 776 g/mol. The molecule has 0 radical (unpaired) electrons. The van der Waals surface area contributed by atoms with Crippen LogP contribution in [0.5, 0.6) is 11.5 Å². The Kier molecular flexibility index (Phi) is 12.9. The van der Waals surface area contributed by atoms with Gasteiger partial charge in [-0.3, -0.25) is 4.98 Å². The van der Waals surface area contributed by atoms with Gasteiger partial charge in [0.15, 0.2) is 0 Å². The molecular weight excluding hydrogens is 725 g/mol. The van der Waals surface area contributed by atoms with Crippen molar-refractivity contribution in [2.45, 2.75) is 74.5 Å². The third kappa shape index (κ3) is 7.88. The van der Waals surface area contributed by atoms with Crippen LogP contribution in [-0.2, 0) is 19.6 Å². The van der Waals surface area contributed by atoms with Crippen LogP contribution in [0, 0.1) is 17.8 Å². The number of hydrogen-bond acceptors (Lipinski definition) is 11. The van der Waals surface area contributed by atoms with Gasteiger partial charge in [0.2, 0.25) is 15.8 Å². The summed E-state index contributed by atoms with van der Waals surface area (Å²) in [5.74, 6) is -1.76. The largest absolute Gasteiger partial charge is 0.460 e. The first kappa shape index (κ1) is 40.3. The SMILES string of the molecule is C=CCOC12Oc3ccc(OC(=O)NCC)cc3C3C(CCCCO)C(CCCCO)C=C(C(=NOC)CC1N(C)S(=O)(=O)c1cccc4cccnc14)C32. The summed E-state index contributed by atoms with van der Waals surface area (Å²) >= 11 is 0. The van der Waals surface area contributed by atoms with E-state index < -0.39 is 33.9 Å². The second-order valence-electron chi connectivity index (χ2n) is 14.2. The number of aromatic nitrogens is 1. The lowest BCUT2D eigenvalue weighted by Crippen LogP contribution is -2.69. The third-order valence-corrected chi connectivity index (χ3v) is 13.0. The minimum Gasteiger partial charge on any atom is -0.460 e. The van der Waals surface area contributed by atoms with Crippen LogP contribution in [0.3, 0.4) is 0 Å². The van der Waals surface area contributed by atoms with E-state index in [4.69, 9.17) is 19.0 Å². The van der Waals surface area contributed by atoms with Crippen LogP contribution in [-0.4, -0.2) is 92.1 Å². The number of nitrogens with one attached hydrogen (secondary N) is 1. The molecule has 296 valence electrons. The molecule has 1 amide bonds. The molecule has 6 unspecified atom stereocenters. The summed E-state index contributed by atoms with van der Waals surface area (Å²) in [5, 5.41) is 27.5. The molecule has 0 saturated heterocycles. The summed E-state index contributed by atoms with van der Waals surface area (Å²) in [7, 11) is -1.24. The Morgan fingerprint density at radius 3 is 2.62 bits per heavy atom. The van der Waals surface area contributed by atoms with Gasteiger partial charge in [-0.2, -0.15) is 4.31 Å². The van der Waals surface area contributed by atoms with Crippen LogP contribution in [0.1, 0.15) is 63.4 Å². The Balaban J connectivity index is 1.59. The number of carbonyl (C=O) groups excluding carboxylic acids is 1. The number of amides is 1. The van der Waals surface area contributed by atoms with Crippen LogP contribution in [0.2, 0.25) is 0 Å². The van der Waals surface area contributed by atoms with Gasteiger partial charge >= 0.3 is 6.09 Å². The zero-order valence-corrected chi connectivity index (χ0v) is 32.5. The Morgan fingerprint density at radius 2 is 1.89 bits per heavy atom. The van der Waals surface area contributed by atoms with Crippen molar-refractivity contribution in [2.75, 3.05) is 40.5 Å². The molecule has 0 bridgehead atoms. The lowest BCUT2D eigenvalue weighted by atomic mass is 9.55. The first-order chi connectivity index (χ1) is 26.6. The number of pyridine rings is 1. The molecule has 2 aliphatic carbocycles. The van der Waals surface area contributed by atoms with Crippen LogP contribution in [0.4, 0.5) is 4.79 Å². The van der Waals surface area contributed by atoms with Crippen molar-refractivity contribution in [3.05, 3.63) is 84.6 Å². The molecule has 0 spiro atoms. The summed E-state index contributed by atoms with van der Waals surface area (Å²) in [6, 6.07) is 12.9. The molecule has 14 heteroatoms. The summed E-state index contributed by atoms with van der Waals surface area (Å²) in [6.07, 6.45) is 9.18. The number of allylic oxidation sites excluding steroid dienone is 1. The van der Waals surface area contributed by atoms with E-state index in [-0.39, 0.29) is 48.9 Å². The molecule has 1 fully saturated rings. The normalized spacial score (nSPS) is 25.1. The van der Waals surface area contributed by atoms with Crippen molar-refractivity contribution in [3.63, 3.8) is 0 Å². The molecule has 6 atom stereocenters. The van der Waals surface area contributed by atoms with Gasteiger partial charge in [0.25, 0.3) is 0 Å². The lowest BCUT2D eigenvalue weighted by Gasteiger charge is -2.59. The van der Waals surface area contributed by atoms with Crippen molar-refractivity contribution >= 4 is 32.7 Å². The summed E-state index contributed by atoms with van der Waals surface area (Å²) in [6.45, 7) is 6.31. The maximum Gasteiger partial charge on any atom is 0.412 e. The van der Waals surface area contributed by atoms with Crippen molar-refractivity contribution in [1.29, 1.82) is 0 Å². The van der Waals surface area contributed by atoms with Gasteiger partial charge in [0.05, 0.1) is 29.8 Å². The maximum atomic E-state index is 14.9. The van der Waals surface area contributed by atoms with E-state index >= 15 is 0 Å². The van der Waals surface area contributed by atoms with Crippen LogP contribution in [0.25, 0.3) is 10.9 Å². The fourth-order valence-corrected chi connectivity index (χ4v) is 10.3. The number of oxime groups is 1. The average Bonchev–Trinajstić information content (AvgIpc) is 3.18. The molecule has 3 aromatic rings. The van der Waals surface area contributed by atoms with Gasteiger partial charge in [0.1, 0.15) is 23.5 Å². The van der Waals surface area contributed by atoms with E-state index in [1.54, 1.807) is 49.5 Å². The Bertz CT molecular complexity index is 2020. The number of aliphatic hydroxyl groups excluding tert-OH is 2. The fourth-order valence-electron chi connectivity index (χ4n) is 8.77. The zero-order chi connectivity index (χ0) is 39.2. The van der Waals surface area contributed by atoms with Gasteiger partial charge < -0.3 is 34.6 Å². The molecule has 1 saturated carbocycles. The lowest BCUT2D eigenvalue weighted by molar-refractivity contribution is -0.250. The maximum absolute atomic E-state index is 14.9. The molecule has 1 aromatic heterocycles. The number of aliphatic hydroxyl groups is 2. The van der Waals surface area contributed by atoms with E-state index in [0.717, 1.165) is 36.8 Å². The second kappa shape index (κ2) is 17.6. The quantitative estimate of drug-likeness (QED) is 0.0850. The number of unbranched alkanes of at least 4 members (excludes halogenated alkanes) is 2. The van der Waals surface area contributed by atoms with E-state index in [0.29, 0.717) is 47.5 Å². The molecule has 55 heavy (non-hydrogen) atoms. The van der Waals surface area contributed by atoms with Gasteiger partial charge in [-0.1, -0.05) is 48.3 Å². The standard InChI is InChI=1S/C41H52N4O9S/c1-5-23-52-41-36(45(3)55(49,50)35-17-11-14-27-15-12-20-43-39(27)35)26-33(44-51-4)31-24-28(13-7-9-21-46)30(16-8-10-22-47)37(38(31)41)32-25-29(18-19-34(32)54-41)53-40(48)42-6-2/h5,11-12,14-15,17-20,24-25,28,30,36-38,46-47H,1,6-10,13,16,21-23,26H2,2-4H3,(H,42,48). The van der Waals surface area contributed by atoms with Crippen LogP contribution < -0.4 is 14.8 Å². The molecule has 3 aliphatic rings. The number of fused-ring (bicyclic) bond motifs is 3. The Morgan fingerprint density at radius 1 is 1.13 bits per heavy atom. The molecule has 2 aromatic carbocycles. The first-order valence-electron chi connectivity index (χ1n) is 19.0. The summed E-state index contributed by atoms with van der Waals surface area (Å²) in [5.41, 5.74) is 2.54. The van der Waals surface area contributed by atoms with Gasteiger partial charge in [-0.25, -0.2) is 13.2 Å². The highest BCUT2D eigenvalue weighted by molar-refractivity contribution is 7.89. The highest BCUT2D eigenvalue weighted by Gasteiger charge is 2.65. The highest BCUT2D eigenvalue weighted by Crippen LogP contribution is 2.62.